The Kier molecular flexibility index (Phi) is 9.05. The Morgan fingerprint density at radius 1 is 0.230 bits per heavy atom. The second-order valence-electron chi connectivity index (χ2n) is 15.5. The molecular formula is C58H39N3. The molecule has 0 radical (unpaired) electrons. The van der Waals surface area contributed by atoms with E-state index in [9.17, 15) is 0 Å². The van der Waals surface area contributed by atoms with Gasteiger partial charge in [0.2, 0.25) is 0 Å². The summed E-state index contributed by atoms with van der Waals surface area (Å²) < 4.78 is 0. The zero-order chi connectivity index (χ0) is 40.6. The van der Waals surface area contributed by atoms with Gasteiger partial charge in [-0.05, 0) is 66.8 Å². The molecule has 1 heterocycles. The molecule has 10 aromatic rings. The van der Waals surface area contributed by atoms with Gasteiger partial charge in [0.25, 0.3) is 0 Å². The molecule has 0 saturated heterocycles. The number of nitrogens with zero attached hydrogens (tertiary/aromatic N) is 3. The Morgan fingerprint density at radius 3 is 1.11 bits per heavy atom. The second kappa shape index (κ2) is 15.3. The lowest BCUT2D eigenvalue weighted by Gasteiger charge is -2.34. The summed E-state index contributed by atoms with van der Waals surface area (Å²) in [4.78, 5) is 15.7. The van der Waals surface area contributed by atoms with E-state index >= 15 is 0 Å². The molecule has 0 unspecified atom stereocenters. The van der Waals surface area contributed by atoms with Crippen LogP contribution in [0.4, 0.5) is 0 Å². The van der Waals surface area contributed by atoms with Crippen molar-refractivity contribution in [2.24, 2.45) is 0 Å². The third-order valence-electron chi connectivity index (χ3n) is 12.1. The maximum absolute atomic E-state index is 5.24. The summed E-state index contributed by atoms with van der Waals surface area (Å²) in [5.41, 5.74) is 16.6. The Morgan fingerprint density at radius 2 is 0.590 bits per heavy atom. The van der Waals surface area contributed by atoms with Crippen molar-refractivity contribution in [1.29, 1.82) is 0 Å². The zero-order valence-electron chi connectivity index (χ0n) is 33.4. The van der Waals surface area contributed by atoms with Gasteiger partial charge in [0.05, 0.1) is 5.41 Å². The minimum atomic E-state index is -0.464. The van der Waals surface area contributed by atoms with Crippen LogP contribution in [0.1, 0.15) is 22.3 Å². The predicted molar refractivity (Wildman–Crippen MR) is 250 cm³/mol. The topological polar surface area (TPSA) is 38.7 Å². The van der Waals surface area contributed by atoms with Crippen molar-refractivity contribution < 1.29 is 0 Å². The first-order chi connectivity index (χ1) is 30.3. The van der Waals surface area contributed by atoms with Crippen LogP contribution in [-0.4, -0.2) is 15.0 Å². The van der Waals surface area contributed by atoms with Crippen LogP contribution in [-0.2, 0) is 5.41 Å². The van der Waals surface area contributed by atoms with Gasteiger partial charge in [-0.25, -0.2) is 15.0 Å². The third kappa shape index (κ3) is 6.18. The fourth-order valence-corrected chi connectivity index (χ4v) is 9.37. The van der Waals surface area contributed by atoms with Gasteiger partial charge >= 0.3 is 0 Å². The number of hydrogen-bond acceptors (Lipinski definition) is 3. The van der Waals surface area contributed by atoms with E-state index in [1.807, 2.05) is 12.1 Å². The van der Waals surface area contributed by atoms with E-state index in [0.29, 0.717) is 17.5 Å². The SMILES string of the molecule is c1ccc(-c2ccccc2-c2nc(-c3ccc(-c4cccc5c4-c4ccccc4C5(c4ccccc4)c4ccccc4)cc3)nc(-c3ccccc3-c3ccccc3)n2)cc1. The highest BCUT2D eigenvalue weighted by atomic mass is 15.0. The normalized spacial score (nSPS) is 12.4. The maximum atomic E-state index is 5.24. The van der Waals surface area contributed by atoms with E-state index in [1.165, 1.54) is 38.9 Å². The Balaban J connectivity index is 1.08. The lowest BCUT2D eigenvalue weighted by Crippen LogP contribution is -2.28. The number of fused-ring (bicyclic) bond motifs is 3. The molecule has 0 N–H and O–H groups in total. The van der Waals surface area contributed by atoms with Crippen molar-refractivity contribution in [2.75, 3.05) is 0 Å². The molecule has 1 aliphatic rings. The highest BCUT2D eigenvalue weighted by Gasteiger charge is 2.46. The summed E-state index contributed by atoms with van der Waals surface area (Å²) in [6, 6.07) is 84.0. The molecule has 0 spiro atoms. The molecule has 3 heteroatoms. The van der Waals surface area contributed by atoms with Crippen molar-refractivity contribution in [1.82, 2.24) is 15.0 Å². The van der Waals surface area contributed by atoms with Crippen LogP contribution < -0.4 is 0 Å². The summed E-state index contributed by atoms with van der Waals surface area (Å²) in [5, 5.41) is 0. The fraction of sp³-hybridized carbons (Fsp3) is 0.0172. The van der Waals surface area contributed by atoms with Crippen LogP contribution in [0.5, 0.6) is 0 Å². The molecule has 286 valence electrons. The van der Waals surface area contributed by atoms with Gasteiger partial charge in [-0.2, -0.15) is 0 Å². The predicted octanol–water partition coefficient (Wildman–Crippen LogP) is 14.2. The van der Waals surface area contributed by atoms with Gasteiger partial charge < -0.3 is 0 Å². The highest BCUT2D eigenvalue weighted by Crippen LogP contribution is 2.58. The zero-order valence-corrected chi connectivity index (χ0v) is 33.4. The first-order valence-corrected chi connectivity index (χ1v) is 20.8. The summed E-state index contributed by atoms with van der Waals surface area (Å²) in [5.74, 6) is 1.87. The number of benzene rings is 9. The van der Waals surface area contributed by atoms with Gasteiger partial charge in [-0.15, -0.1) is 0 Å². The molecule has 0 aliphatic heterocycles. The molecule has 0 saturated carbocycles. The van der Waals surface area contributed by atoms with Crippen molar-refractivity contribution in [3.63, 3.8) is 0 Å². The summed E-state index contributed by atoms with van der Waals surface area (Å²) in [7, 11) is 0. The Labute approximate surface area is 356 Å². The van der Waals surface area contributed by atoms with Gasteiger partial charge in [0, 0.05) is 16.7 Å². The van der Waals surface area contributed by atoms with Crippen molar-refractivity contribution in [2.45, 2.75) is 5.41 Å². The standard InChI is InChI=1S/C58H39N3/c1-5-20-40(21-6-1)46-28-13-15-30-49(46)56-59-55(60-57(61-56)50-31-16-14-29-47(50)41-22-7-2-8-23-41)43-38-36-42(37-39-43)48-33-19-35-53-54(48)51-32-17-18-34-52(51)58(53,44-24-9-3-10-25-44)45-26-11-4-12-27-45/h1-39H. The monoisotopic (exact) mass is 777 g/mol. The van der Waals surface area contributed by atoms with Crippen molar-refractivity contribution in [3.8, 4) is 78.7 Å². The third-order valence-corrected chi connectivity index (χ3v) is 12.1. The van der Waals surface area contributed by atoms with Crippen LogP contribution in [0, 0.1) is 0 Å². The van der Waals surface area contributed by atoms with Crippen LogP contribution >= 0.6 is 0 Å². The van der Waals surface area contributed by atoms with E-state index in [0.717, 1.165) is 44.5 Å². The average molecular weight is 778 g/mol. The maximum Gasteiger partial charge on any atom is 0.164 e. The van der Waals surface area contributed by atoms with Crippen LogP contribution in [0.3, 0.4) is 0 Å². The van der Waals surface area contributed by atoms with Gasteiger partial charge in [0.15, 0.2) is 17.5 Å². The molecule has 61 heavy (non-hydrogen) atoms. The summed E-state index contributed by atoms with van der Waals surface area (Å²) in [6.07, 6.45) is 0. The minimum absolute atomic E-state index is 0.464. The van der Waals surface area contributed by atoms with Crippen LogP contribution in [0.25, 0.3) is 78.7 Å². The summed E-state index contributed by atoms with van der Waals surface area (Å²) >= 11 is 0. The highest BCUT2D eigenvalue weighted by molar-refractivity contribution is 5.96. The first-order valence-electron chi connectivity index (χ1n) is 20.8. The van der Waals surface area contributed by atoms with E-state index in [2.05, 4.69) is 224 Å². The van der Waals surface area contributed by atoms with E-state index in [-0.39, 0.29) is 0 Å². The van der Waals surface area contributed by atoms with Gasteiger partial charge in [0.1, 0.15) is 0 Å². The summed E-state index contributed by atoms with van der Waals surface area (Å²) in [6.45, 7) is 0. The smallest absolute Gasteiger partial charge is 0.164 e. The quantitative estimate of drug-likeness (QED) is 0.154. The molecular weight excluding hydrogens is 739 g/mol. The average Bonchev–Trinajstić information content (AvgIpc) is 3.66. The molecule has 9 aromatic carbocycles. The number of rotatable bonds is 8. The number of hydrogen-bond donors (Lipinski definition) is 0. The lowest BCUT2D eigenvalue weighted by atomic mass is 9.67. The molecule has 3 nitrogen and oxygen atoms in total. The van der Waals surface area contributed by atoms with Gasteiger partial charge in [-0.3, -0.25) is 0 Å². The molecule has 1 aliphatic carbocycles. The molecule has 0 bridgehead atoms. The molecule has 11 rings (SSSR count). The van der Waals surface area contributed by atoms with Crippen molar-refractivity contribution >= 4 is 0 Å². The molecule has 1 aromatic heterocycles. The molecule has 0 amide bonds. The van der Waals surface area contributed by atoms with E-state index in [1.54, 1.807) is 0 Å². The van der Waals surface area contributed by atoms with E-state index in [4.69, 9.17) is 15.0 Å². The second-order valence-corrected chi connectivity index (χ2v) is 15.5. The molecule has 0 atom stereocenters. The Hall–Kier alpha value is -8.01. The first kappa shape index (κ1) is 36.1. The largest absolute Gasteiger partial charge is 0.208 e. The van der Waals surface area contributed by atoms with Gasteiger partial charge in [-0.1, -0.05) is 237 Å². The molecule has 0 fully saturated rings. The van der Waals surface area contributed by atoms with Crippen LogP contribution in [0.15, 0.2) is 237 Å². The van der Waals surface area contributed by atoms with Crippen molar-refractivity contribution in [3.05, 3.63) is 259 Å². The lowest BCUT2D eigenvalue weighted by molar-refractivity contribution is 0.768. The number of aromatic nitrogens is 3. The fourth-order valence-electron chi connectivity index (χ4n) is 9.37. The minimum Gasteiger partial charge on any atom is -0.208 e. The Bertz CT molecular complexity index is 3020. The van der Waals surface area contributed by atoms with E-state index < -0.39 is 5.41 Å². The van der Waals surface area contributed by atoms with Crippen LogP contribution in [0.2, 0.25) is 0 Å².